The van der Waals surface area contributed by atoms with E-state index in [4.69, 9.17) is 14.6 Å². The van der Waals surface area contributed by atoms with E-state index in [1.54, 1.807) is 14.2 Å². The largest absolute Gasteiger partial charge is 0.493 e. The van der Waals surface area contributed by atoms with E-state index < -0.39 is 0 Å². The van der Waals surface area contributed by atoms with Gasteiger partial charge in [0.1, 0.15) is 0 Å². The molecule has 2 rings (SSSR count). The average molecular weight is 237 g/mol. The Kier molecular flexibility index (Phi) is 3.74. The zero-order valence-electron chi connectivity index (χ0n) is 10.3. The Balaban J connectivity index is 2.16. The van der Waals surface area contributed by atoms with Crippen LogP contribution in [0.5, 0.6) is 11.5 Å². The van der Waals surface area contributed by atoms with Crippen LogP contribution in [-0.4, -0.2) is 39.0 Å². The molecule has 0 amide bonds. The van der Waals surface area contributed by atoms with Crippen molar-refractivity contribution in [3.8, 4) is 11.5 Å². The Morgan fingerprint density at radius 1 is 1.29 bits per heavy atom. The molecule has 4 heteroatoms. The average Bonchev–Trinajstić information content (AvgIpc) is 2.86. The number of benzene rings is 1. The lowest BCUT2D eigenvalue weighted by atomic mass is 10.1. The number of rotatable bonds is 4. The standard InChI is InChI=1S/C13H19NO3/c1-16-12-4-3-11(7-13(12)17-2)14-6-5-10(8-14)9-15/h3-4,7,10,15H,5-6,8-9H2,1-2H3. The smallest absolute Gasteiger partial charge is 0.162 e. The molecule has 0 aliphatic carbocycles. The molecule has 94 valence electrons. The van der Waals surface area contributed by atoms with Crippen molar-refractivity contribution in [2.45, 2.75) is 6.42 Å². The van der Waals surface area contributed by atoms with Crippen LogP contribution in [0.1, 0.15) is 6.42 Å². The predicted molar refractivity (Wildman–Crippen MR) is 67.0 cm³/mol. The lowest BCUT2D eigenvalue weighted by Crippen LogP contribution is -2.20. The molecule has 4 nitrogen and oxygen atoms in total. The normalized spacial score (nSPS) is 19.5. The third-order valence-electron chi connectivity index (χ3n) is 3.28. The van der Waals surface area contributed by atoms with E-state index in [1.165, 1.54) is 0 Å². The van der Waals surface area contributed by atoms with Crippen LogP contribution >= 0.6 is 0 Å². The maximum Gasteiger partial charge on any atom is 0.162 e. The second-order valence-electron chi connectivity index (χ2n) is 4.32. The van der Waals surface area contributed by atoms with Crippen molar-refractivity contribution in [1.82, 2.24) is 0 Å². The van der Waals surface area contributed by atoms with Gasteiger partial charge in [0, 0.05) is 37.4 Å². The summed E-state index contributed by atoms with van der Waals surface area (Å²) < 4.78 is 10.5. The minimum atomic E-state index is 0.268. The number of anilines is 1. The monoisotopic (exact) mass is 237 g/mol. The number of hydrogen-bond acceptors (Lipinski definition) is 4. The van der Waals surface area contributed by atoms with Gasteiger partial charge in [-0.2, -0.15) is 0 Å². The van der Waals surface area contributed by atoms with Crippen LogP contribution in [0, 0.1) is 5.92 Å². The first kappa shape index (κ1) is 12.0. The van der Waals surface area contributed by atoms with Gasteiger partial charge in [0.15, 0.2) is 11.5 Å². The van der Waals surface area contributed by atoms with E-state index in [9.17, 15) is 0 Å². The maximum absolute atomic E-state index is 9.14. The van der Waals surface area contributed by atoms with Gasteiger partial charge in [0.05, 0.1) is 14.2 Å². The van der Waals surface area contributed by atoms with E-state index in [-0.39, 0.29) is 6.61 Å². The summed E-state index contributed by atoms with van der Waals surface area (Å²) in [6, 6.07) is 5.93. The van der Waals surface area contributed by atoms with Gasteiger partial charge in [-0.25, -0.2) is 0 Å². The van der Waals surface area contributed by atoms with Crippen molar-refractivity contribution >= 4 is 5.69 Å². The lowest BCUT2D eigenvalue weighted by Gasteiger charge is -2.20. The molecular formula is C13H19NO3. The molecule has 1 N–H and O–H groups in total. The van der Waals surface area contributed by atoms with Crippen LogP contribution in [0.25, 0.3) is 0 Å². The Morgan fingerprint density at radius 2 is 2.06 bits per heavy atom. The Labute approximate surface area is 102 Å². The highest BCUT2D eigenvalue weighted by molar-refractivity contribution is 5.56. The molecule has 1 saturated heterocycles. The highest BCUT2D eigenvalue weighted by atomic mass is 16.5. The number of aliphatic hydroxyl groups excluding tert-OH is 1. The maximum atomic E-state index is 9.14. The zero-order valence-corrected chi connectivity index (χ0v) is 10.3. The SMILES string of the molecule is COc1ccc(N2CCC(CO)C2)cc1OC. The van der Waals surface area contributed by atoms with E-state index in [0.717, 1.165) is 36.7 Å². The molecule has 1 aliphatic rings. The summed E-state index contributed by atoms with van der Waals surface area (Å²) in [5.41, 5.74) is 1.12. The van der Waals surface area contributed by atoms with Gasteiger partial charge in [-0.3, -0.25) is 0 Å². The van der Waals surface area contributed by atoms with Gasteiger partial charge in [0.2, 0.25) is 0 Å². The fourth-order valence-electron chi connectivity index (χ4n) is 2.24. The van der Waals surface area contributed by atoms with Gasteiger partial charge >= 0.3 is 0 Å². The summed E-state index contributed by atoms with van der Waals surface area (Å²) >= 11 is 0. The predicted octanol–water partition coefficient (Wildman–Crippen LogP) is 1.52. The van der Waals surface area contributed by atoms with Crippen LogP contribution in [0.3, 0.4) is 0 Å². The Bertz CT molecular complexity index is 381. The Hall–Kier alpha value is -1.42. The number of ether oxygens (including phenoxy) is 2. The summed E-state index contributed by atoms with van der Waals surface area (Å²) in [5, 5.41) is 9.14. The van der Waals surface area contributed by atoms with Gasteiger partial charge in [-0.15, -0.1) is 0 Å². The molecule has 17 heavy (non-hydrogen) atoms. The van der Waals surface area contributed by atoms with E-state index in [2.05, 4.69) is 4.90 Å². The van der Waals surface area contributed by atoms with E-state index in [1.807, 2.05) is 18.2 Å². The second kappa shape index (κ2) is 5.27. The van der Waals surface area contributed by atoms with Crippen LogP contribution in [0.2, 0.25) is 0 Å². The van der Waals surface area contributed by atoms with Crippen molar-refractivity contribution in [1.29, 1.82) is 0 Å². The van der Waals surface area contributed by atoms with E-state index >= 15 is 0 Å². The highest BCUT2D eigenvalue weighted by Crippen LogP contribution is 2.33. The molecule has 0 radical (unpaired) electrons. The first-order valence-electron chi connectivity index (χ1n) is 5.86. The van der Waals surface area contributed by atoms with Crippen LogP contribution in [-0.2, 0) is 0 Å². The molecule has 0 spiro atoms. The minimum Gasteiger partial charge on any atom is -0.493 e. The second-order valence-corrected chi connectivity index (χ2v) is 4.32. The van der Waals surface area contributed by atoms with Crippen molar-refractivity contribution in [3.63, 3.8) is 0 Å². The molecule has 1 heterocycles. The molecule has 1 aliphatic heterocycles. The number of nitrogens with zero attached hydrogens (tertiary/aromatic N) is 1. The van der Waals surface area contributed by atoms with Gasteiger partial charge in [-0.1, -0.05) is 0 Å². The first-order valence-corrected chi connectivity index (χ1v) is 5.86. The molecular weight excluding hydrogens is 218 g/mol. The third-order valence-corrected chi connectivity index (χ3v) is 3.28. The van der Waals surface area contributed by atoms with Crippen molar-refractivity contribution in [3.05, 3.63) is 18.2 Å². The highest BCUT2D eigenvalue weighted by Gasteiger charge is 2.22. The summed E-state index contributed by atoms with van der Waals surface area (Å²) in [4.78, 5) is 2.27. The van der Waals surface area contributed by atoms with Crippen LogP contribution in [0.4, 0.5) is 5.69 Å². The fraction of sp³-hybridized carbons (Fsp3) is 0.538. The molecule has 1 fully saturated rings. The minimum absolute atomic E-state index is 0.268. The number of methoxy groups -OCH3 is 2. The first-order chi connectivity index (χ1) is 8.28. The van der Waals surface area contributed by atoms with Gasteiger partial charge in [-0.05, 0) is 18.6 Å². The molecule has 1 atom stereocenters. The molecule has 1 aromatic rings. The summed E-state index contributed by atoms with van der Waals surface area (Å²) in [5.74, 6) is 1.88. The zero-order chi connectivity index (χ0) is 12.3. The van der Waals surface area contributed by atoms with E-state index in [0.29, 0.717) is 5.92 Å². The summed E-state index contributed by atoms with van der Waals surface area (Å²) in [7, 11) is 3.28. The van der Waals surface area contributed by atoms with Gasteiger partial charge in [0.25, 0.3) is 0 Å². The summed E-state index contributed by atoms with van der Waals surface area (Å²) in [6.07, 6.45) is 1.05. The van der Waals surface area contributed by atoms with Gasteiger partial charge < -0.3 is 19.5 Å². The summed E-state index contributed by atoms with van der Waals surface area (Å²) in [6.45, 7) is 2.16. The number of aliphatic hydroxyl groups is 1. The van der Waals surface area contributed by atoms with Crippen molar-refractivity contribution in [2.75, 3.05) is 38.8 Å². The number of hydrogen-bond donors (Lipinski definition) is 1. The third kappa shape index (κ3) is 2.47. The molecule has 0 bridgehead atoms. The fourth-order valence-corrected chi connectivity index (χ4v) is 2.24. The Morgan fingerprint density at radius 3 is 2.65 bits per heavy atom. The quantitative estimate of drug-likeness (QED) is 0.862. The van der Waals surface area contributed by atoms with Crippen LogP contribution in [0.15, 0.2) is 18.2 Å². The van der Waals surface area contributed by atoms with Crippen molar-refractivity contribution < 1.29 is 14.6 Å². The molecule has 1 unspecified atom stereocenters. The molecule has 1 aromatic carbocycles. The molecule has 0 saturated carbocycles. The lowest BCUT2D eigenvalue weighted by molar-refractivity contribution is 0.238. The molecule has 0 aromatic heterocycles. The van der Waals surface area contributed by atoms with Crippen LogP contribution < -0.4 is 14.4 Å². The van der Waals surface area contributed by atoms with Crippen molar-refractivity contribution in [2.24, 2.45) is 5.92 Å². The topological polar surface area (TPSA) is 41.9 Å².